The van der Waals surface area contributed by atoms with E-state index in [-0.39, 0.29) is 5.91 Å². The lowest BCUT2D eigenvalue weighted by Crippen LogP contribution is -2.31. The predicted octanol–water partition coefficient (Wildman–Crippen LogP) is 2.91. The van der Waals surface area contributed by atoms with Crippen molar-refractivity contribution in [1.29, 1.82) is 0 Å². The quantitative estimate of drug-likeness (QED) is 0.820. The summed E-state index contributed by atoms with van der Waals surface area (Å²) >= 11 is 5.77. The minimum absolute atomic E-state index is 0.0144. The summed E-state index contributed by atoms with van der Waals surface area (Å²) in [6.07, 6.45) is 1.01. The first-order chi connectivity index (χ1) is 8.08. The van der Waals surface area contributed by atoms with Crippen LogP contribution < -0.4 is 10.6 Å². The van der Waals surface area contributed by atoms with Gasteiger partial charge in [-0.1, -0.05) is 25.4 Å². The molecule has 0 aliphatic heterocycles. The van der Waals surface area contributed by atoms with Gasteiger partial charge in [0.25, 0.3) is 0 Å². The van der Waals surface area contributed by atoms with E-state index in [1.54, 1.807) is 12.1 Å². The SMILES string of the molecule is CC(C)CCNC(=O)CNc1ccc(Cl)cc1. The van der Waals surface area contributed by atoms with E-state index in [1.807, 2.05) is 12.1 Å². The molecule has 0 aliphatic carbocycles. The summed E-state index contributed by atoms with van der Waals surface area (Å²) in [5.41, 5.74) is 0.897. The fourth-order valence-corrected chi connectivity index (χ4v) is 1.44. The molecule has 3 nitrogen and oxygen atoms in total. The minimum Gasteiger partial charge on any atom is -0.376 e. The lowest BCUT2D eigenvalue weighted by molar-refractivity contribution is -0.119. The van der Waals surface area contributed by atoms with Gasteiger partial charge in [-0.25, -0.2) is 0 Å². The van der Waals surface area contributed by atoms with E-state index in [4.69, 9.17) is 11.6 Å². The van der Waals surface area contributed by atoms with Gasteiger partial charge in [0, 0.05) is 17.3 Å². The number of carbonyl (C=O) groups is 1. The molecule has 0 heterocycles. The number of hydrogen-bond donors (Lipinski definition) is 2. The second-order valence-electron chi connectivity index (χ2n) is 4.39. The lowest BCUT2D eigenvalue weighted by atomic mass is 10.1. The van der Waals surface area contributed by atoms with E-state index < -0.39 is 0 Å². The molecule has 17 heavy (non-hydrogen) atoms. The van der Waals surface area contributed by atoms with Crippen molar-refractivity contribution in [2.45, 2.75) is 20.3 Å². The summed E-state index contributed by atoms with van der Waals surface area (Å²) in [5, 5.41) is 6.60. The van der Waals surface area contributed by atoms with Crippen molar-refractivity contribution >= 4 is 23.2 Å². The number of carbonyl (C=O) groups excluding carboxylic acids is 1. The van der Waals surface area contributed by atoms with Crippen molar-refractivity contribution in [3.05, 3.63) is 29.3 Å². The Balaban J connectivity index is 2.21. The maximum Gasteiger partial charge on any atom is 0.239 e. The number of amides is 1. The van der Waals surface area contributed by atoms with Gasteiger partial charge in [-0.2, -0.15) is 0 Å². The summed E-state index contributed by atoms with van der Waals surface area (Å²) in [6, 6.07) is 7.29. The Kier molecular flexibility index (Phi) is 5.84. The average Bonchev–Trinajstić information content (AvgIpc) is 2.28. The number of benzene rings is 1. The molecule has 0 radical (unpaired) electrons. The molecule has 2 N–H and O–H groups in total. The molecule has 1 rings (SSSR count). The fourth-order valence-electron chi connectivity index (χ4n) is 1.31. The molecule has 0 unspecified atom stereocenters. The second-order valence-corrected chi connectivity index (χ2v) is 4.83. The summed E-state index contributed by atoms with van der Waals surface area (Å²) in [6.45, 7) is 5.30. The van der Waals surface area contributed by atoms with Crippen LogP contribution in [0.5, 0.6) is 0 Å². The molecule has 0 saturated carbocycles. The van der Waals surface area contributed by atoms with E-state index >= 15 is 0 Å². The highest BCUT2D eigenvalue weighted by molar-refractivity contribution is 6.30. The van der Waals surface area contributed by atoms with Gasteiger partial charge in [0.05, 0.1) is 6.54 Å². The first-order valence-corrected chi connectivity index (χ1v) is 6.22. The largest absolute Gasteiger partial charge is 0.376 e. The molecule has 0 aliphatic rings. The lowest BCUT2D eigenvalue weighted by Gasteiger charge is -2.09. The van der Waals surface area contributed by atoms with Crippen molar-refractivity contribution in [3.8, 4) is 0 Å². The van der Waals surface area contributed by atoms with Crippen LogP contribution in [-0.2, 0) is 4.79 Å². The van der Waals surface area contributed by atoms with Crippen LogP contribution in [-0.4, -0.2) is 19.0 Å². The van der Waals surface area contributed by atoms with E-state index in [0.29, 0.717) is 17.5 Å². The molecule has 4 heteroatoms. The van der Waals surface area contributed by atoms with E-state index in [0.717, 1.165) is 18.7 Å². The van der Waals surface area contributed by atoms with Crippen LogP contribution in [0.2, 0.25) is 5.02 Å². The topological polar surface area (TPSA) is 41.1 Å². The first-order valence-electron chi connectivity index (χ1n) is 5.84. The summed E-state index contributed by atoms with van der Waals surface area (Å²) in [7, 11) is 0. The predicted molar refractivity (Wildman–Crippen MR) is 72.4 cm³/mol. The monoisotopic (exact) mass is 254 g/mol. The molecule has 0 aromatic heterocycles. The first kappa shape index (κ1) is 13.8. The summed E-state index contributed by atoms with van der Waals surface area (Å²) < 4.78 is 0. The molecular weight excluding hydrogens is 236 g/mol. The van der Waals surface area contributed by atoms with Gasteiger partial charge in [0.1, 0.15) is 0 Å². The number of halogens is 1. The highest BCUT2D eigenvalue weighted by Gasteiger charge is 2.01. The molecule has 0 saturated heterocycles. The average molecular weight is 255 g/mol. The van der Waals surface area contributed by atoms with Gasteiger partial charge >= 0.3 is 0 Å². The Labute approximate surface area is 108 Å². The molecule has 0 spiro atoms. The van der Waals surface area contributed by atoms with Crippen LogP contribution in [0, 0.1) is 5.92 Å². The molecule has 94 valence electrons. The Morgan fingerprint density at radius 2 is 1.94 bits per heavy atom. The second kappa shape index (κ2) is 7.17. The molecule has 0 bridgehead atoms. The van der Waals surface area contributed by atoms with Crippen molar-refractivity contribution in [1.82, 2.24) is 5.32 Å². The van der Waals surface area contributed by atoms with E-state index in [1.165, 1.54) is 0 Å². The molecule has 0 fully saturated rings. The highest BCUT2D eigenvalue weighted by atomic mass is 35.5. The third-order valence-corrected chi connectivity index (χ3v) is 2.59. The fraction of sp³-hybridized carbons (Fsp3) is 0.462. The Hall–Kier alpha value is -1.22. The normalized spacial score (nSPS) is 10.4. The third-order valence-electron chi connectivity index (χ3n) is 2.34. The van der Waals surface area contributed by atoms with Gasteiger partial charge in [-0.3, -0.25) is 4.79 Å². The Bertz CT molecular complexity index is 349. The third kappa shape index (κ3) is 6.17. The van der Waals surface area contributed by atoms with Crippen molar-refractivity contribution in [2.24, 2.45) is 5.92 Å². The molecule has 0 atom stereocenters. The van der Waals surface area contributed by atoms with Crippen LogP contribution in [0.4, 0.5) is 5.69 Å². The molecule has 1 aromatic rings. The zero-order chi connectivity index (χ0) is 12.7. The van der Waals surface area contributed by atoms with E-state index in [2.05, 4.69) is 24.5 Å². The van der Waals surface area contributed by atoms with Gasteiger partial charge in [-0.15, -0.1) is 0 Å². The Morgan fingerprint density at radius 1 is 1.29 bits per heavy atom. The van der Waals surface area contributed by atoms with Crippen molar-refractivity contribution < 1.29 is 4.79 Å². The van der Waals surface area contributed by atoms with Gasteiger partial charge in [-0.05, 0) is 36.6 Å². The van der Waals surface area contributed by atoms with Crippen LogP contribution >= 0.6 is 11.6 Å². The molecule has 1 amide bonds. The zero-order valence-electron chi connectivity index (χ0n) is 10.3. The smallest absolute Gasteiger partial charge is 0.239 e. The number of anilines is 1. The maximum absolute atomic E-state index is 11.5. The van der Waals surface area contributed by atoms with E-state index in [9.17, 15) is 4.79 Å². The van der Waals surface area contributed by atoms with Crippen LogP contribution in [0.1, 0.15) is 20.3 Å². The van der Waals surface area contributed by atoms with Crippen LogP contribution in [0.3, 0.4) is 0 Å². The Morgan fingerprint density at radius 3 is 2.53 bits per heavy atom. The van der Waals surface area contributed by atoms with Crippen molar-refractivity contribution in [3.63, 3.8) is 0 Å². The minimum atomic E-state index is 0.0144. The molecule has 1 aromatic carbocycles. The number of rotatable bonds is 6. The van der Waals surface area contributed by atoms with Gasteiger partial charge in [0.2, 0.25) is 5.91 Å². The number of hydrogen-bond acceptors (Lipinski definition) is 2. The summed E-state index contributed by atoms with van der Waals surface area (Å²) in [4.78, 5) is 11.5. The van der Waals surface area contributed by atoms with Crippen molar-refractivity contribution in [2.75, 3.05) is 18.4 Å². The van der Waals surface area contributed by atoms with Gasteiger partial charge in [0.15, 0.2) is 0 Å². The van der Waals surface area contributed by atoms with Crippen LogP contribution in [0.15, 0.2) is 24.3 Å². The standard InChI is InChI=1S/C13H19ClN2O/c1-10(2)7-8-15-13(17)9-16-12-5-3-11(14)4-6-12/h3-6,10,16H,7-9H2,1-2H3,(H,15,17). The maximum atomic E-state index is 11.5. The highest BCUT2D eigenvalue weighted by Crippen LogP contribution is 2.12. The molecular formula is C13H19ClN2O. The zero-order valence-corrected chi connectivity index (χ0v) is 11.1. The van der Waals surface area contributed by atoms with Crippen LogP contribution in [0.25, 0.3) is 0 Å². The van der Waals surface area contributed by atoms with Gasteiger partial charge < -0.3 is 10.6 Å². The summed E-state index contributed by atoms with van der Waals surface area (Å²) in [5.74, 6) is 0.625. The number of nitrogens with one attached hydrogen (secondary N) is 2.